The molecular weight excluding hydrogens is 208 g/mol. The van der Waals surface area contributed by atoms with Gasteiger partial charge in [-0.25, -0.2) is 4.98 Å². The van der Waals surface area contributed by atoms with Crippen molar-refractivity contribution in [2.24, 2.45) is 5.73 Å². The third-order valence-electron chi connectivity index (χ3n) is 2.70. The minimum Gasteiger partial charge on any atom is -0.346 e. The third-order valence-corrected chi connectivity index (χ3v) is 3.67. The number of hydrogen-bond donors (Lipinski definition) is 1. The molecule has 5 heteroatoms. The summed E-state index contributed by atoms with van der Waals surface area (Å²) in [5.74, 6) is 0. The predicted molar refractivity (Wildman–Crippen MR) is 64.6 cm³/mol. The zero-order valence-corrected chi connectivity index (χ0v) is 9.96. The largest absolute Gasteiger partial charge is 0.346 e. The fraction of sp³-hybridized carbons (Fsp3) is 0.700. The minimum atomic E-state index is 0.760. The van der Waals surface area contributed by atoms with Gasteiger partial charge in [-0.05, 0) is 6.92 Å². The van der Waals surface area contributed by atoms with Crippen molar-refractivity contribution in [2.75, 3.05) is 44.2 Å². The lowest BCUT2D eigenvalue weighted by atomic mass is 10.3. The first kappa shape index (κ1) is 10.9. The second-order valence-electron chi connectivity index (χ2n) is 3.87. The van der Waals surface area contributed by atoms with Gasteiger partial charge < -0.3 is 10.6 Å². The molecule has 0 amide bonds. The smallest absolute Gasteiger partial charge is 0.185 e. The van der Waals surface area contributed by atoms with Gasteiger partial charge in [-0.3, -0.25) is 4.90 Å². The first-order valence-corrected chi connectivity index (χ1v) is 6.21. The molecule has 84 valence electrons. The van der Waals surface area contributed by atoms with Crippen molar-refractivity contribution in [2.45, 2.75) is 6.92 Å². The number of nitrogens with zero attached hydrogens (tertiary/aromatic N) is 3. The molecular formula is C10H18N4S. The zero-order valence-electron chi connectivity index (χ0n) is 9.15. The van der Waals surface area contributed by atoms with Crippen LogP contribution >= 0.6 is 11.3 Å². The average molecular weight is 226 g/mol. The van der Waals surface area contributed by atoms with Crippen LogP contribution in [0.5, 0.6) is 0 Å². The van der Waals surface area contributed by atoms with E-state index in [2.05, 4.69) is 21.7 Å². The molecule has 1 aromatic rings. The van der Waals surface area contributed by atoms with Gasteiger partial charge in [0.05, 0.1) is 0 Å². The van der Waals surface area contributed by atoms with E-state index in [0.29, 0.717) is 0 Å². The van der Waals surface area contributed by atoms with Crippen molar-refractivity contribution in [3.05, 3.63) is 11.1 Å². The van der Waals surface area contributed by atoms with Gasteiger partial charge >= 0.3 is 0 Å². The number of rotatable bonds is 3. The van der Waals surface area contributed by atoms with Crippen molar-refractivity contribution in [1.82, 2.24) is 9.88 Å². The van der Waals surface area contributed by atoms with E-state index in [0.717, 1.165) is 39.3 Å². The van der Waals surface area contributed by atoms with E-state index < -0.39 is 0 Å². The molecule has 0 unspecified atom stereocenters. The molecule has 0 spiro atoms. The van der Waals surface area contributed by atoms with Crippen molar-refractivity contribution in [1.29, 1.82) is 0 Å². The van der Waals surface area contributed by atoms with Gasteiger partial charge in [-0.2, -0.15) is 0 Å². The number of aromatic nitrogens is 1. The highest BCUT2D eigenvalue weighted by Crippen LogP contribution is 2.22. The van der Waals surface area contributed by atoms with E-state index in [9.17, 15) is 0 Å². The van der Waals surface area contributed by atoms with Crippen LogP contribution in [-0.2, 0) is 0 Å². The van der Waals surface area contributed by atoms with Gasteiger partial charge in [-0.15, -0.1) is 11.3 Å². The summed E-state index contributed by atoms with van der Waals surface area (Å²) >= 11 is 1.78. The molecule has 2 rings (SSSR count). The monoisotopic (exact) mass is 226 g/mol. The normalized spacial score (nSPS) is 18.4. The van der Waals surface area contributed by atoms with Crippen molar-refractivity contribution in [3.63, 3.8) is 0 Å². The standard InChI is InChI=1S/C10H18N4S/c1-9-8-12-10(15-9)14-6-4-13(3-2-11)5-7-14/h8H,2-7,11H2,1H3. The maximum Gasteiger partial charge on any atom is 0.185 e. The summed E-state index contributed by atoms with van der Waals surface area (Å²) in [6.07, 6.45) is 1.95. The highest BCUT2D eigenvalue weighted by atomic mass is 32.1. The maximum absolute atomic E-state index is 5.54. The Bertz CT molecular complexity index is 304. The van der Waals surface area contributed by atoms with Gasteiger partial charge in [0, 0.05) is 50.3 Å². The van der Waals surface area contributed by atoms with Crippen LogP contribution in [0.1, 0.15) is 4.88 Å². The Balaban J connectivity index is 1.88. The molecule has 1 aliphatic heterocycles. The zero-order chi connectivity index (χ0) is 10.7. The summed E-state index contributed by atoms with van der Waals surface area (Å²) in [6.45, 7) is 8.25. The third kappa shape index (κ3) is 2.68. The van der Waals surface area contributed by atoms with Crippen molar-refractivity contribution in [3.8, 4) is 0 Å². The van der Waals surface area contributed by atoms with Gasteiger partial charge in [0.1, 0.15) is 0 Å². The highest BCUT2D eigenvalue weighted by Gasteiger charge is 2.18. The average Bonchev–Trinajstić information content (AvgIpc) is 2.67. The molecule has 1 saturated heterocycles. The molecule has 1 fully saturated rings. The summed E-state index contributed by atoms with van der Waals surface area (Å²) in [6, 6.07) is 0. The molecule has 0 saturated carbocycles. The summed E-state index contributed by atoms with van der Waals surface area (Å²) in [5, 5.41) is 1.17. The van der Waals surface area contributed by atoms with E-state index in [-0.39, 0.29) is 0 Å². The quantitative estimate of drug-likeness (QED) is 0.817. The number of aryl methyl sites for hydroxylation is 1. The van der Waals surface area contributed by atoms with Crippen LogP contribution in [0.4, 0.5) is 5.13 Å². The predicted octanol–water partition coefficient (Wildman–Crippen LogP) is 0.532. The van der Waals surface area contributed by atoms with Crippen LogP contribution < -0.4 is 10.6 Å². The van der Waals surface area contributed by atoms with Crippen molar-refractivity contribution >= 4 is 16.5 Å². The van der Waals surface area contributed by atoms with Crippen LogP contribution in [0.3, 0.4) is 0 Å². The van der Waals surface area contributed by atoms with Crippen LogP contribution in [0, 0.1) is 6.92 Å². The molecule has 0 aliphatic carbocycles. The molecule has 0 bridgehead atoms. The lowest BCUT2D eigenvalue weighted by Crippen LogP contribution is -2.47. The number of piperazine rings is 1. The summed E-state index contributed by atoms with van der Waals surface area (Å²) < 4.78 is 0. The topological polar surface area (TPSA) is 45.4 Å². The van der Waals surface area contributed by atoms with Crippen LogP contribution in [0.25, 0.3) is 0 Å². The molecule has 0 atom stereocenters. The van der Waals surface area contributed by atoms with Gasteiger partial charge in [0.25, 0.3) is 0 Å². The Morgan fingerprint density at radius 3 is 2.67 bits per heavy atom. The first-order valence-electron chi connectivity index (χ1n) is 5.39. The lowest BCUT2D eigenvalue weighted by molar-refractivity contribution is 0.265. The van der Waals surface area contributed by atoms with Gasteiger partial charge in [0.2, 0.25) is 0 Å². The Morgan fingerprint density at radius 2 is 2.13 bits per heavy atom. The van der Waals surface area contributed by atoms with E-state index in [1.807, 2.05) is 6.20 Å². The van der Waals surface area contributed by atoms with Crippen LogP contribution in [0.15, 0.2) is 6.20 Å². The Labute approximate surface area is 94.7 Å². The van der Waals surface area contributed by atoms with E-state index >= 15 is 0 Å². The van der Waals surface area contributed by atoms with Crippen LogP contribution in [-0.4, -0.2) is 49.2 Å². The minimum absolute atomic E-state index is 0.760. The Morgan fingerprint density at radius 1 is 1.40 bits per heavy atom. The maximum atomic E-state index is 5.54. The number of nitrogens with two attached hydrogens (primary N) is 1. The van der Waals surface area contributed by atoms with E-state index in [1.165, 1.54) is 10.0 Å². The molecule has 15 heavy (non-hydrogen) atoms. The number of hydrogen-bond acceptors (Lipinski definition) is 5. The molecule has 0 radical (unpaired) electrons. The fourth-order valence-electron chi connectivity index (χ4n) is 1.83. The fourth-order valence-corrected chi connectivity index (χ4v) is 2.64. The Hall–Kier alpha value is -0.650. The number of thiazole rings is 1. The van der Waals surface area contributed by atoms with Gasteiger partial charge in [-0.1, -0.05) is 0 Å². The molecule has 2 heterocycles. The second-order valence-corrected chi connectivity index (χ2v) is 5.08. The van der Waals surface area contributed by atoms with Crippen LogP contribution in [0.2, 0.25) is 0 Å². The Kier molecular flexibility index (Phi) is 3.56. The number of anilines is 1. The SMILES string of the molecule is Cc1cnc(N2CCN(CCN)CC2)s1. The molecule has 4 nitrogen and oxygen atoms in total. The van der Waals surface area contributed by atoms with Crippen molar-refractivity contribution < 1.29 is 0 Å². The first-order chi connectivity index (χ1) is 7.29. The lowest BCUT2D eigenvalue weighted by Gasteiger charge is -2.34. The summed E-state index contributed by atoms with van der Waals surface area (Å²) in [7, 11) is 0. The van der Waals surface area contributed by atoms with E-state index in [1.54, 1.807) is 11.3 Å². The molecule has 2 N–H and O–H groups in total. The molecule has 1 aliphatic rings. The molecule has 1 aromatic heterocycles. The second kappa shape index (κ2) is 4.92. The molecule has 0 aromatic carbocycles. The van der Waals surface area contributed by atoms with E-state index in [4.69, 9.17) is 5.73 Å². The van der Waals surface area contributed by atoms with Gasteiger partial charge in [0.15, 0.2) is 5.13 Å². The summed E-state index contributed by atoms with van der Waals surface area (Å²) in [5.41, 5.74) is 5.54. The highest BCUT2D eigenvalue weighted by molar-refractivity contribution is 7.15. The summed E-state index contributed by atoms with van der Waals surface area (Å²) in [4.78, 5) is 10.5.